The van der Waals surface area contributed by atoms with E-state index < -0.39 is 0 Å². The maximum absolute atomic E-state index is 4.36. The number of unbranched alkanes of at least 4 members (excludes halogenated alkanes) is 2. The third-order valence-corrected chi connectivity index (χ3v) is 5.05. The number of halogens is 1. The minimum atomic E-state index is 0. The first kappa shape index (κ1) is 24.9. The van der Waals surface area contributed by atoms with E-state index in [-0.39, 0.29) is 24.0 Å². The summed E-state index contributed by atoms with van der Waals surface area (Å²) in [6.45, 7) is 18.2. The number of piperazine rings is 1. The second kappa shape index (κ2) is 14.0. The normalized spacial score (nSPS) is 17.2. The summed E-state index contributed by atoms with van der Waals surface area (Å²) >= 11 is 0. The fourth-order valence-electron chi connectivity index (χ4n) is 3.15. The monoisotopic (exact) mass is 467 g/mol. The molecule has 1 saturated heterocycles. The molecule has 1 heterocycles. The molecule has 0 aromatic heterocycles. The van der Waals surface area contributed by atoms with Crippen LogP contribution >= 0.6 is 24.0 Å². The second-order valence-electron chi connectivity index (χ2n) is 7.75. The van der Waals surface area contributed by atoms with Gasteiger partial charge in [-0.25, -0.2) is 0 Å². The number of hydrogen-bond acceptors (Lipinski definition) is 3. The van der Waals surface area contributed by atoms with E-state index in [4.69, 9.17) is 0 Å². The number of rotatable bonds is 10. The van der Waals surface area contributed by atoms with E-state index in [0.29, 0.717) is 5.41 Å². The maximum Gasteiger partial charge on any atom is 0.191 e. The van der Waals surface area contributed by atoms with Crippen LogP contribution in [0.5, 0.6) is 0 Å². The zero-order valence-electron chi connectivity index (χ0n) is 17.2. The van der Waals surface area contributed by atoms with Gasteiger partial charge in [0.2, 0.25) is 0 Å². The average Bonchev–Trinajstić information content (AvgIpc) is 2.58. The van der Waals surface area contributed by atoms with Crippen LogP contribution in [0.4, 0.5) is 0 Å². The Bertz CT molecular complexity index is 352. The quantitative estimate of drug-likeness (QED) is 0.224. The zero-order valence-corrected chi connectivity index (χ0v) is 19.6. The van der Waals surface area contributed by atoms with Crippen LogP contribution < -0.4 is 10.6 Å². The van der Waals surface area contributed by atoms with Crippen LogP contribution in [0.1, 0.15) is 53.4 Å². The van der Waals surface area contributed by atoms with Crippen LogP contribution in [-0.2, 0) is 0 Å². The second-order valence-corrected chi connectivity index (χ2v) is 7.75. The molecule has 0 aromatic carbocycles. The van der Waals surface area contributed by atoms with Gasteiger partial charge in [-0.05, 0) is 18.4 Å². The highest BCUT2D eigenvalue weighted by molar-refractivity contribution is 14.0. The first-order chi connectivity index (χ1) is 11.5. The van der Waals surface area contributed by atoms with Crippen LogP contribution in [0.15, 0.2) is 4.99 Å². The predicted molar refractivity (Wildman–Crippen MR) is 121 cm³/mol. The molecule has 0 atom stereocenters. The fraction of sp³-hybridized carbons (Fsp3) is 0.947. The van der Waals surface area contributed by atoms with Crippen molar-refractivity contribution in [2.75, 3.05) is 59.4 Å². The number of aliphatic imine (C=N–C) groups is 1. The minimum absolute atomic E-state index is 0. The van der Waals surface area contributed by atoms with Gasteiger partial charge < -0.3 is 15.5 Å². The Kier molecular flexibility index (Phi) is 14.0. The number of likely N-dealkylation sites (N-methyl/N-ethyl adjacent to an activating group) is 1. The van der Waals surface area contributed by atoms with Crippen molar-refractivity contribution < 1.29 is 0 Å². The highest BCUT2D eigenvalue weighted by atomic mass is 127. The predicted octanol–water partition coefficient (Wildman–Crippen LogP) is 3.01. The first-order valence-corrected chi connectivity index (χ1v) is 9.90. The number of nitrogens with zero attached hydrogens (tertiary/aromatic N) is 3. The van der Waals surface area contributed by atoms with E-state index in [2.05, 4.69) is 53.1 Å². The topological polar surface area (TPSA) is 42.9 Å². The van der Waals surface area contributed by atoms with Crippen LogP contribution in [0.25, 0.3) is 0 Å². The molecule has 150 valence electrons. The van der Waals surface area contributed by atoms with Crippen molar-refractivity contribution in [3.8, 4) is 0 Å². The maximum atomic E-state index is 4.36. The Morgan fingerprint density at radius 1 is 1.00 bits per heavy atom. The van der Waals surface area contributed by atoms with Crippen LogP contribution in [-0.4, -0.2) is 75.2 Å². The standard InChI is InChI=1S/C19H41N5.HI/c1-6-8-9-10-19(3,4)17-22-18(20-5)21-11-12-24-15-13-23(7-2)14-16-24;/h6-17H2,1-5H3,(H2,20,21,22);1H. The molecular formula is C19H42IN5. The Morgan fingerprint density at radius 2 is 1.64 bits per heavy atom. The Hall–Kier alpha value is -0.0800. The summed E-state index contributed by atoms with van der Waals surface area (Å²) in [5, 5.41) is 6.97. The SMILES string of the molecule is CCCCCC(C)(C)CNC(=NC)NCCN1CCN(CC)CC1.I. The third-order valence-electron chi connectivity index (χ3n) is 5.05. The Labute approximate surface area is 173 Å². The Balaban J connectivity index is 0.00000576. The number of nitrogens with one attached hydrogen (secondary N) is 2. The lowest BCUT2D eigenvalue weighted by Crippen LogP contribution is -2.49. The summed E-state index contributed by atoms with van der Waals surface area (Å²) in [6.07, 6.45) is 5.22. The summed E-state index contributed by atoms with van der Waals surface area (Å²) in [5.41, 5.74) is 0.323. The largest absolute Gasteiger partial charge is 0.356 e. The van der Waals surface area contributed by atoms with Crippen molar-refractivity contribution in [3.05, 3.63) is 0 Å². The summed E-state index contributed by atoms with van der Waals surface area (Å²) in [4.78, 5) is 9.42. The molecule has 0 unspecified atom stereocenters. The van der Waals surface area contributed by atoms with Gasteiger partial charge in [-0.2, -0.15) is 0 Å². The smallest absolute Gasteiger partial charge is 0.191 e. The molecule has 25 heavy (non-hydrogen) atoms. The van der Waals surface area contributed by atoms with Gasteiger partial charge in [-0.3, -0.25) is 9.89 Å². The third kappa shape index (κ3) is 11.3. The molecule has 0 aromatic rings. The molecule has 1 aliphatic rings. The summed E-state index contributed by atoms with van der Waals surface area (Å²) in [7, 11) is 1.86. The van der Waals surface area contributed by atoms with Gasteiger partial charge in [0.1, 0.15) is 0 Å². The summed E-state index contributed by atoms with van der Waals surface area (Å²) in [6, 6.07) is 0. The van der Waals surface area contributed by atoms with Crippen LogP contribution in [0.3, 0.4) is 0 Å². The highest BCUT2D eigenvalue weighted by Gasteiger charge is 2.18. The van der Waals surface area contributed by atoms with Crippen molar-refractivity contribution in [3.63, 3.8) is 0 Å². The lowest BCUT2D eigenvalue weighted by atomic mass is 9.87. The van der Waals surface area contributed by atoms with Gasteiger partial charge in [0.05, 0.1) is 0 Å². The van der Waals surface area contributed by atoms with Gasteiger partial charge in [-0.1, -0.05) is 47.0 Å². The molecule has 0 spiro atoms. The number of hydrogen-bond donors (Lipinski definition) is 2. The van der Waals surface area contributed by atoms with Gasteiger partial charge in [0.15, 0.2) is 5.96 Å². The summed E-state index contributed by atoms with van der Waals surface area (Å²) in [5.74, 6) is 0.936. The molecule has 1 rings (SSSR count). The van der Waals surface area contributed by atoms with Crippen LogP contribution in [0, 0.1) is 5.41 Å². The van der Waals surface area contributed by atoms with Crippen molar-refractivity contribution >= 4 is 29.9 Å². The minimum Gasteiger partial charge on any atom is -0.356 e. The van der Waals surface area contributed by atoms with Gasteiger partial charge in [0.25, 0.3) is 0 Å². The molecule has 1 fully saturated rings. The average molecular weight is 467 g/mol. The zero-order chi connectivity index (χ0) is 17.8. The molecule has 6 heteroatoms. The van der Waals surface area contributed by atoms with E-state index in [0.717, 1.165) is 25.6 Å². The summed E-state index contributed by atoms with van der Waals surface area (Å²) < 4.78 is 0. The van der Waals surface area contributed by atoms with Gasteiger partial charge in [0, 0.05) is 52.9 Å². The first-order valence-electron chi connectivity index (χ1n) is 9.90. The number of guanidine groups is 1. The molecule has 1 aliphatic heterocycles. The molecule has 0 amide bonds. The molecule has 0 aliphatic carbocycles. The van der Waals surface area contributed by atoms with E-state index >= 15 is 0 Å². The lowest BCUT2D eigenvalue weighted by Gasteiger charge is -2.34. The fourth-order valence-corrected chi connectivity index (χ4v) is 3.15. The molecule has 2 N–H and O–H groups in total. The van der Waals surface area contributed by atoms with E-state index in [1.807, 2.05) is 7.05 Å². The molecule has 5 nitrogen and oxygen atoms in total. The van der Waals surface area contributed by atoms with Crippen molar-refractivity contribution in [1.29, 1.82) is 0 Å². The lowest BCUT2D eigenvalue weighted by molar-refractivity contribution is 0.139. The van der Waals surface area contributed by atoms with Crippen molar-refractivity contribution in [2.45, 2.75) is 53.4 Å². The van der Waals surface area contributed by atoms with E-state index in [1.165, 1.54) is 58.4 Å². The molecular weight excluding hydrogens is 425 g/mol. The van der Waals surface area contributed by atoms with E-state index in [9.17, 15) is 0 Å². The van der Waals surface area contributed by atoms with Crippen molar-refractivity contribution in [2.24, 2.45) is 10.4 Å². The molecule has 0 saturated carbocycles. The van der Waals surface area contributed by atoms with Gasteiger partial charge >= 0.3 is 0 Å². The van der Waals surface area contributed by atoms with Gasteiger partial charge in [-0.15, -0.1) is 24.0 Å². The highest BCUT2D eigenvalue weighted by Crippen LogP contribution is 2.22. The van der Waals surface area contributed by atoms with Crippen LogP contribution in [0.2, 0.25) is 0 Å². The Morgan fingerprint density at radius 3 is 2.20 bits per heavy atom. The molecule has 0 bridgehead atoms. The molecule has 0 radical (unpaired) electrons. The van der Waals surface area contributed by atoms with E-state index in [1.54, 1.807) is 0 Å². The van der Waals surface area contributed by atoms with Crippen molar-refractivity contribution in [1.82, 2.24) is 20.4 Å².